The van der Waals surface area contributed by atoms with E-state index in [0.29, 0.717) is 18.1 Å². The molecule has 0 spiro atoms. The maximum atomic E-state index is 10.9. The highest BCUT2D eigenvalue weighted by Crippen LogP contribution is 2.29. The van der Waals surface area contributed by atoms with E-state index >= 15 is 0 Å². The van der Waals surface area contributed by atoms with Gasteiger partial charge in [0.15, 0.2) is 0 Å². The highest BCUT2D eigenvalue weighted by molar-refractivity contribution is 5.66. The maximum Gasteiger partial charge on any atom is 0.407 e. The Bertz CT molecular complexity index is 419. The fourth-order valence-electron chi connectivity index (χ4n) is 1.86. The molecule has 5 nitrogen and oxygen atoms in total. The SMILES string of the molecule is C#Cc1cnc(C2CCCN2C(=O)O)[nH]1. The van der Waals surface area contributed by atoms with Crippen LogP contribution in [-0.4, -0.2) is 32.6 Å². The smallest absolute Gasteiger partial charge is 0.407 e. The molecule has 1 atom stereocenters. The predicted molar refractivity (Wildman–Crippen MR) is 53.2 cm³/mol. The molecule has 2 heterocycles. The summed E-state index contributed by atoms with van der Waals surface area (Å²) in [6.45, 7) is 0.562. The van der Waals surface area contributed by atoms with Gasteiger partial charge < -0.3 is 10.1 Å². The van der Waals surface area contributed by atoms with Crippen LogP contribution in [0.3, 0.4) is 0 Å². The first-order valence-electron chi connectivity index (χ1n) is 4.73. The second-order valence-corrected chi connectivity index (χ2v) is 3.46. The van der Waals surface area contributed by atoms with Gasteiger partial charge in [0, 0.05) is 6.54 Å². The van der Waals surface area contributed by atoms with Gasteiger partial charge in [-0.2, -0.15) is 0 Å². The third-order valence-corrected chi connectivity index (χ3v) is 2.57. The van der Waals surface area contributed by atoms with Crippen LogP contribution in [0.4, 0.5) is 4.79 Å². The predicted octanol–water partition coefficient (Wildman–Crippen LogP) is 1.21. The number of rotatable bonds is 1. The van der Waals surface area contributed by atoms with Crippen molar-refractivity contribution >= 4 is 6.09 Å². The Morgan fingerprint density at radius 2 is 2.60 bits per heavy atom. The van der Waals surface area contributed by atoms with Crippen LogP contribution in [0.2, 0.25) is 0 Å². The molecule has 0 aromatic carbocycles. The number of aromatic amines is 1. The second kappa shape index (κ2) is 3.65. The van der Waals surface area contributed by atoms with Crippen LogP contribution >= 0.6 is 0 Å². The number of likely N-dealkylation sites (tertiary alicyclic amines) is 1. The largest absolute Gasteiger partial charge is 0.465 e. The van der Waals surface area contributed by atoms with Gasteiger partial charge >= 0.3 is 6.09 Å². The fraction of sp³-hybridized carbons (Fsp3) is 0.400. The minimum atomic E-state index is -0.906. The van der Waals surface area contributed by atoms with Gasteiger partial charge in [-0.15, -0.1) is 6.42 Å². The van der Waals surface area contributed by atoms with Crippen LogP contribution in [0, 0.1) is 12.3 Å². The summed E-state index contributed by atoms with van der Waals surface area (Å²) < 4.78 is 0. The van der Waals surface area contributed by atoms with E-state index in [2.05, 4.69) is 15.9 Å². The summed E-state index contributed by atoms with van der Waals surface area (Å²) in [5.74, 6) is 3.07. The number of nitrogens with one attached hydrogen (secondary N) is 1. The Morgan fingerprint density at radius 1 is 1.80 bits per heavy atom. The number of imidazole rings is 1. The van der Waals surface area contributed by atoms with Crippen LogP contribution in [0.5, 0.6) is 0 Å². The molecule has 1 aromatic rings. The van der Waals surface area contributed by atoms with E-state index in [0.717, 1.165) is 12.8 Å². The zero-order valence-corrected chi connectivity index (χ0v) is 8.10. The molecule has 1 aromatic heterocycles. The van der Waals surface area contributed by atoms with Crippen molar-refractivity contribution in [1.82, 2.24) is 14.9 Å². The monoisotopic (exact) mass is 205 g/mol. The lowest BCUT2D eigenvalue weighted by atomic mass is 10.2. The van der Waals surface area contributed by atoms with Crippen LogP contribution in [0.15, 0.2) is 6.20 Å². The molecule has 0 radical (unpaired) electrons. The molecule has 1 aliphatic rings. The van der Waals surface area contributed by atoms with E-state index in [1.807, 2.05) is 0 Å². The van der Waals surface area contributed by atoms with E-state index in [9.17, 15) is 4.79 Å². The molecule has 15 heavy (non-hydrogen) atoms. The number of amides is 1. The summed E-state index contributed by atoms with van der Waals surface area (Å²) in [6, 6.07) is -0.176. The molecule has 1 amide bonds. The van der Waals surface area contributed by atoms with Gasteiger partial charge in [0.25, 0.3) is 0 Å². The van der Waals surface area contributed by atoms with E-state index in [1.165, 1.54) is 4.90 Å². The van der Waals surface area contributed by atoms with E-state index in [1.54, 1.807) is 6.20 Å². The van der Waals surface area contributed by atoms with Crippen molar-refractivity contribution in [2.45, 2.75) is 18.9 Å². The van der Waals surface area contributed by atoms with Crippen molar-refractivity contribution in [3.05, 3.63) is 17.7 Å². The van der Waals surface area contributed by atoms with E-state index in [4.69, 9.17) is 11.5 Å². The Labute approximate surface area is 87.1 Å². The minimum Gasteiger partial charge on any atom is -0.465 e. The molecule has 0 aliphatic carbocycles. The number of nitrogens with zero attached hydrogens (tertiary/aromatic N) is 2. The van der Waals surface area contributed by atoms with Crippen molar-refractivity contribution in [2.75, 3.05) is 6.54 Å². The molecule has 5 heteroatoms. The van der Waals surface area contributed by atoms with E-state index < -0.39 is 6.09 Å². The summed E-state index contributed by atoms with van der Waals surface area (Å²) in [4.78, 5) is 19.3. The third kappa shape index (κ3) is 1.66. The molecule has 0 saturated carbocycles. The van der Waals surface area contributed by atoms with Crippen LogP contribution in [0.25, 0.3) is 0 Å². The summed E-state index contributed by atoms with van der Waals surface area (Å²) in [5.41, 5.74) is 0.585. The van der Waals surface area contributed by atoms with Gasteiger partial charge in [-0.1, -0.05) is 5.92 Å². The van der Waals surface area contributed by atoms with Gasteiger partial charge in [-0.3, -0.25) is 4.90 Å². The maximum absolute atomic E-state index is 10.9. The molecular weight excluding hydrogens is 194 g/mol. The zero-order chi connectivity index (χ0) is 10.8. The topological polar surface area (TPSA) is 69.2 Å². The lowest BCUT2D eigenvalue weighted by Crippen LogP contribution is -2.29. The Hall–Kier alpha value is -1.96. The molecule has 2 N–H and O–H groups in total. The summed E-state index contributed by atoms with van der Waals surface area (Å²) >= 11 is 0. The van der Waals surface area contributed by atoms with Crippen molar-refractivity contribution in [3.8, 4) is 12.3 Å². The third-order valence-electron chi connectivity index (χ3n) is 2.57. The first kappa shape index (κ1) is 9.59. The van der Waals surface area contributed by atoms with Crippen LogP contribution in [0.1, 0.15) is 30.4 Å². The van der Waals surface area contributed by atoms with Gasteiger partial charge in [0.1, 0.15) is 11.5 Å². The van der Waals surface area contributed by atoms with Crippen molar-refractivity contribution in [2.24, 2.45) is 0 Å². The first-order valence-corrected chi connectivity index (χ1v) is 4.73. The second-order valence-electron chi connectivity index (χ2n) is 3.46. The van der Waals surface area contributed by atoms with Crippen LogP contribution < -0.4 is 0 Å². The van der Waals surface area contributed by atoms with Gasteiger partial charge in [0.05, 0.1) is 12.2 Å². The van der Waals surface area contributed by atoms with Gasteiger partial charge in [-0.25, -0.2) is 9.78 Å². The highest BCUT2D eigenvalue weighted by Gasteiger charge is 2.31. The summed E-state index contributed by atoms with van der Waals surface area (Å²) in [6.07, 6.45) is 7.51. The first-order chi connectivity index (χ1) is 7.22. The van der Waals surface area contributed by atoms with Crippen molar-refractivity contribution in [1.29, 1.82) is 0 Å². The molecule has 78 valence electrons. The number of aromatic nitrogens is 2. The Balaban J connectivity index is 2.23. The summed E-state index contributed by atoms with van der Waals surface area (Å²) in [5, 5.41) is 8.95. The quantitative estimate of drug-likeness (QED) is 0.677. The normalized spacial score (nSPS) is 20.2. The number of hydrogen-bond acceptors (Lipinski definition) is 2. The zero-order valence-electron chi connectivity index (χ0n) is 8.10. The summed E-state index contributed by atoms with van der Waals surface area (Å²) in [7, 11) is 0. The fourth-order valence-corrected chi connectivity index (χ4v) is 1.86. The lowest BCUT2D eigenvalue weighted by molar-refractivity contribution is 0.139. The average molecular weight is 205 g/mol. The molecule has 1 unspecified atom stereocenters. The number of H-pyrrole nitrogens is 1. The molecule has 2 rings (SSSR count). The highest BCUT2D eigenvalue weighted by atomic mass is 16.4. The molecule has 1 fully saturated rings. The molecule has 0 bridgehead atoms. The minimum absolute atomic E-state index is 0.176. The van der Waals surface area contributed by atoms with Gasteiger partial charge in [-0.05, 0) is 12.8 Å². The lowest BCUT2D eigenvalue weighted by Gasteiger charge is -2.19. The van der Waals surface area contributed by atoms with Crippen molar-refractivity contribution in [3.63, 3.8) is 0 Å². The van der Waals surface area contributed by atoms with E-state index in [-0.39, 0.29) is 6.04 Å². The number of carboxylic acid groups (broad SMARTS) is 1. The molecule has 1 aliphatic heterocycles. The molecule has 1 saturated heterocycles. The van der Waals surface area contributed by atoms with Gasteiger partial charge in [0.2, 0.25) is 0 Å². The number of terminal acetylenes is 1. The average Bonchev–Trinajstić information content (AvgIpc) is 2.85. The number of carbonyl (C=O) groups is 1. The Morgan fingerprint density at radius 3 is 3.20 bits per heavy atom. The Kier molecular flexibility index (Phi) is 2.34. The standard InChI is InChI=1S/C10H11N3O2/c1-2-7-6-11-9(12-7)8-4-3-5-13(8)10(14)15/h1,6,8H,3-5H2,(H,11,12)(H,14,15). The molecular formula is C10H11N3O2. The van der Waals surface area contributed by atoms with Crippen molar-refractivity contribution < 1.29 is 9.90 Å². The number of hydrogen-bond donors (Lipinski definition) is 2. The van der Waals surface area contributed by atoms with Crippen LogP contribution in [-0.2, 0) is 0 Å².